The zero-order chi connectivity index (χ0) is 15.4. The van der Waals surface area contributed by atoms with Crippen LogP contribution in [0.2, 0.25) is 0 Å². The van der Waals surface area contributed by atoms with Gasteiger partial charge in [-0.3, -0.25) is 0 Å². The van der Waals surface area contributed by atoms with Crippen molar-refractivity contribution in [3.8, 4) is 0 Å². The van der Waals surface area contributed by atoms with Crippen molar-refractivity contribution in [2.24, 2.45) is 0 Å². The minimum atomic E-state index is -0.977. The molecule has 1 aliphatic rings. The number of fused-ring (bicyclic) bond motifs is 1. The van der Waals surface area contributed by atoms with Gasteiger partial charge in [0.2, 0.25) is 0 Å². The number of rotatable bonds is 5. The lowest BCUT2D eigenvalue weighted by Gasteiger charge is -2.33. The molecule has 1 aliphatic heterocycles. The highest BCUT2D eigenvalue weighted by molar-refractivity contribution is 7.10. The number of carboxylic acids is 1. The Morgan fingerprint density at radius 2 is 2.33 bits per heavy atom. The molecule has 0 radical (unpaired) electrons. The van der Waals surface area contributed by atoms with E-state index in [4.69, 9.17) is 0 Å². The Morgan fingerprint density at radius 3 is 3.00 bits per heavy atom. The molecule has 2 rings (SSSR count). The fraction of sp³-hybridized carbons (Fsp3) is 0.571. The number of nitrogens with one attached hydrogen (secondary N) is 1. The van der Waals surface area contributed by atoms with Gasteiger partial charge in [-0.05, 0) is 37.0 Å². The third kappa shape index (κ3) is 3.54. The lowest BCUT2D eigenvalue weighted by molar-refractivity contribution is -0.142. The van der Waals surface area contributed by atoms with Gasteiger partial charge in [0.1, 0.15) is 0 Å². The number of likely N-dealkylation sites (N-methyl/N-ethyl adjacent to an activating group) is 1. The van der Waals surface area contributed by atoms with Gasteiger partial charge in [-0.15, -0.1) is 11.3 Å². The summed E-state index contributed by atoms with van der Waals surface area (Å²) in [5.74, 6) is -0.977. The summed E-state index contributed by atoms with van der Waals surface area (Å²) in [5, 5.41) is 14.1. The summed E-state index contributed by atoms with van der Waals surface area (Å²) in [7, 11) is 1.98. The Kier molecular flexibility index (Phi) is 5.19. The second kappa shape index (κ2) is 6.91. The van der Waals surface area contributed by atoms with Gasteiger partial charge in [0.05, 0.1) is 0 Å². The molecule has 2 heterocycles. The molecule has 116 valence electrons. The summed E-state index contributed by atoms with van der Waals surface area (Å²) in [5.41, 5.74) is 0.750. The van der Waals surface area contributed by atoms with Crippen molar-refractivity contribution >= 4 is 23.3 Å². The smallest absolute Gasteiger partial charge is 0.331 e. The quantitative estimate of drug-likeness (QED) is 0.862. The van der Waals surface area contributed by atoms with E-state index in [-0.39, 0.29) is 6.03 Å². The number of thiophene rings is 1. The first-order chi connectivity index (χ1) is 10.0. The van der Waals surface area contributed by atoms with Crippen LogP contribution in [0.1, 0.15) is 23.4 Å². The number of carbonyl (C=O) groups excluding carboxylic acids is 1. The molecule has 2 N–H and O–H groups in total. The van der Waals surface area contributed by atoms with E-state index in [1.54, 1.807) is 11.3 Å². The molecule has 0 spiro atoms. The largest absolute Gasteiger partial charge is 0.479 e. The van der Waals surface area contributed by atoms with E-state index < -0.39 is 12.0 Å². The third-order valence-corrected chi connectivity index (χ3v) is 4.77. The standard InChI is InChI=1S/C14H21N3O3S/c1-3-16(2)8-6-15-14(20)17-7-4-11-10(5-9-21-11)12(17)13(18)19/h5,9,12H,3-4,6-8H2,1-2H3,(H,15,20)(H,18,19). The van der Waals surface area contributed by atoms with Crippen LogP contribution >= 0.6 is 11.3 Å². The van der Waals surface area contributed by atoms with Crippen LogP contribution in [0.15, 0.2) is 11.4 Å². The topological polar surface area (TPSA) is 72.9 Å². The summed E-state index contributed by atoms with van der Waals surface area (Å²) < 4.78 is 0. The molecular weight excluding hydrogens is 290 g/mol. The Bertz CT molecular complexity index is 517. The van der Waals surface area contributed by atoms with Crippen LogP contribution in [0.3, 0.4) is 0 Å². The van der Waals surface area contributed by atoms with Gasteiger partial charge < -0.3 is 20.2 Å². The van der Waals surface area contributed by atoms with Crippen LogP contribution in [-0.4, -0.2) is 60.1 Å². The summed E-state index contributed by atoms with van der Waals surface area (Å²) in [6, 6.07) is 0.635. The fourth-order valence-corrected chi connectivity index (χ4v) is 3.32. The molecule has 21 heavy (non-hydrogen) atoms. The molecule has 1 unspecified atom stereocenters. The SMILES string of the molecule is CCN(C)CCNC(=O)N1CCc2sccc2C1C(=O)O. The van der Waals surface area contributed by atoms with Crippen LogP contribution in [0.25, 0.3) is 0 Å². The van der Waals surface area contributed by atoms with Gasteiger partial charge in [-0.2, -0.15) is 0 Å². The second-order valence-electron chi connectivity index (χ2n) is 5.11. The van der Waals surface area contributed by atoms with Crippen molar-refractivity contribution in [2.45, 2.75) is 19.4 Å². The first-order valence-corrected chi connectivity index (χ1v) is 7.94. The lowest BCUT2D eigenvalue weighted by atomic mass is 10.0. The maximum absolute atomic E-state index is 12.3. The summed E-state index contributed by atoms with van der Waals surface area (Å²) in [4.78, 5) is 28.4. The Hall–Kier alpha value is -1.60. The number of carbonyl (C=O) groups is 2. The highest BCUT2D eigenvalue weighted by Crippen LogP contribution is 2.33. The van der Waals surface area contributed by atoms with E-state index in [0.29, 0.717) is 13.1 Å². The van der Waals surface area contributed by atoms with Crippen molar-refractivity contribution in [1.29, 1.82) is 0 Å². The zero-order valence-corrected chi connectivity index (χ0v) is 13.2. The van der Waals surface area contributed by atoms with Crippen molar-refractivity contribution in [3.05, 3.63) is 21.9 Å². The molecule has 2 amide bonds. The van der Waals surface area contributed by atoms with Crippen LogP contribution in [-0.2, 0) is 11.2 Å². The molecule has 6 nitrogen and oxygen atoms in total. The van der Waals surface area contributed by atoms with Gasteiger partial charge in [-0.25, -0.2) is 9.59 Å². The van der Waals surface area contributed by atoms with Crippen LogP contribution < -0.4 is 5.32 Å². The van der Waals surface area contributed by atoms with Crippen LogP contribution in [0.5, 0.6) is 0 Å². The van der Waals surface area contributed by atoms with Crippen molar-refractivity contribution in [1.82, 2.24) is 15.1 Å². The normalized spacial score (nSPS) is 17.7. The molecule has 0 aromatic carbocycles. The van der Waals surface area contributed by atoms with Gasteiger partial charge in [-0.1, -0.05) is 6.92 Å². The van der Waals surface area contributed by atoms with Crippen molar-refractivity contribution < 1.29 is 14.7 Å². The Labute approximate surface area is 128 Å². The van der Waals surface area contributed by atoms with Gasteiger partial charge in [0.15, 0.2) is 6.04 Å². The average molecular weight is 311 g/mol. The molecule has 0 bridgehead atoms. The zero-order valence-electron chi connectivity index (χ0n) is 12.3. The molecule has 1 aromatic heterocycles. The molecular formula is C14H21N3O3S. The van der Waals surface area contributed by atoms with E-state index in [2.05, 4.69) is 10.2 Å². The summed E-state index contributed by atoms with van der Waals surface area (Å²) in [6.45, 7) is 4.67. The van der Waals surface area contributed by atoms with Gasteiger partial charge in [0.25, 0.3) is 0 Å². The summed E-state index contributed by atoms with van der Waals surface area (Å²) in [6.07, 6.45) is 0.721. The molecule has 0 saturated heterocycles. The predicted octanol–water partition coefficient (Wildman–Crippen LogP) is 1.39. The molecule has 0 fully saturated rings. The fourth-order valence-electron chi connectivity index (χ4n) is 2.41. The van der Waals surface area contributed by atoms with Crippen molar-refractivity contribution in [3.63, 3.8) is 0 Å². The molecule has 0 aliphatic carbocycles. The monoisotopic (exact) mass is 311 g/mol. The molecule has 7 heteroatoms. The number of nitrogens with zero attached hydrogens (tertiary/aromatic N) is 2. The Morgan fingerprint density at radius 1 is 1.57 bits per heavy atom. The number of aliphatic carboxylic acids is 1. The van der Waals surface area contributed by atoms with E-state index in [1.165, 1.54) is 4.90 Å². The predicted molar refractivity (Wildman–Crippen MR) is 81.7 cm³/mol. The Balaban J connectivity index is 2.02. The number of hydrogen-bond donors (Lipinski definition) is 2. The third-order valence-electron chi connectivity index (χ3n) is 3.77. The highest BCUT2D eigenvalue weighted by Gasteiger charge is 2.36. The number of urea groups is 1. The van der Waals surface area contributed by atoms with E-state index in [1.807, 2.05) is 25.4 Å². The first kappa shape index (κ1) is 15.8. The first-order valence-electron chi connectivity index (χ1n) is 7.06. The van der Waals surface area contributed by atoms with E-state index >= 15 is 0 Å². The maximum Gasteiger partial charge on any atom is 0.331 e. The van der Waals surface area contributed by atoms with Gasteiger partial charge >= 0.3 is 12.0 Å². The van der Waals surface area contributed by atoms with Crippen LogP contribution in [0.4, 0.5) is 4.79 Å². The van der Waals surface area contributed by atoms with Crippen molar-refractivity contribution in [2.75, 3.05) is 33.2 Å². The molecule has 1 aromatic rings. The number of amides is 2. The summed E-state index contributed by atoms with van der Waals surface area (Å²) >= 11 is 1.56. The minimum Gasteiger partial charge on any atom is -0.479 e. The highest BCUT2D eigenvalue weighted by atomic mass is 32.1. The molecule has 0 saturated carbocycles. The minimum absolute atomic E-state index is 0.302. The second-order valence-corrected chi connectivity index (χ2v) is 6.11. The van der Waals surface area contributed by atoms with Crippen LogP contribution in [0, 0.1) is 0 Å². The number of carboxylic acid groups (broad SMARTS) is 1. The average Bonchev–Trinajstić information content (AvgIpc) is 2.93. The number of hydrogen-bond acceptors (Lipinski definition) is 4. The maximum atomic E-state index is 12.3. The van der Waals surface area contributed by atoms with Gasteiger partial charge in [0, 0.05) is 24.5 Å². The van der Waals surface area contributed by atoms with E-state index in [0.717, 1.165) is 30.0 Å². The molecule has 1 atom stereocenters. The van der Waals surface area contributed by atoms with E-state index in [9.17, 15) is 14.7 Å². The lowest BCUT2D eigenvalue weighted by Crippen LogP contribution is -2.49.